The largest absolute Gasteiger partial charge is 0.296 e. The lowest BCUT2D eigenvalue weighted by Gasteiger charge is -2.04. The number of benzene rings is 1. The van der Waals surface area contributed by atoms with Crippen molar-refractivity contribution in [3.63, 3.8) is 0 Å². The molecular formula is C14H21NOS. The summed E-state index contributed by atoms with van der Waals surface area (Å²) in [5, 5.41) is 0. The minimum absolute atomic E-state index is 0.00508. The Labute approximate surface area is 108 Å². The fourth-order valence-electron chi connectivity index (χ4n) is 1.48. The molecule has 1 aromatic carbocycles. The molecule has 0 aliphatic carbocycles. The van der Waals surface area contributed by atoms with Crippen molar-refractivity contribution in [2.45, 2.75) is 39.5 Å². The Hall–Kier alpha value is -0.960. The molecule has 1 aromatic rings. The highest BCUT2D eigenvalue weighted by molar-refractivity contribution is 7.97. The van der Waals surface area contributed by atoms with Gasteiger partial charge in [-0.3, -0.25) is 9.52 Å². The smallest absolute Gasteiger partial charge is 0.261 e. The molecule has 0 heterocycles. The molecule has 0 bridgehead atoms. The van der Waals surface area contributed by atoms with E-state index in [2.05, 4.69) is 11.6 Å². The van der Waals surface area contributed by atoms with Gasteiger partial charge in [-0.05, 0) is 25.5 Å². The molecule has 0 spiro atoms. The normalized spacial score (nSPS) is 10.2. The molecular weight excluding hydrogens is 230 g/mol. The predicted molar refractivity (Wildman–Crippen MR) is 75.2 cm³/mol. The van der Waals surface area contributed by atoms with Crippen LogP contribution >= 0.6 is 11.9 Å². The van der Waals surface area contributed by atoms with E-state index < -0.39 is 0 Å². The first-order valence-electron chi connectivity index (χ1n) is 6.23. The molecule has 1 rings (SSSR count). The summed E-state index contributed by atoms with van der Waals surface area (Å²) in [7, 11) is 0. The van der Waals surface area contributed by atoms with Gasteiger partial charge in [-0.25, -0.2) is 0 Å². The Morgan fingerprint density at radius 2 is 1.88 bits per heavy atom. The van der Waals surface area contributed by atoms with Gasteiger partial charge < -0.3 is 0 Å². The number of unbranched alkanes of at least 4 members (excludes halogenated alkanes) is 3. The highest BCUT2D eigenvalue weighted by Crippen LogP contribution is 2.07. The molecule has 0 fully saturated rings. The maximum absolute atomic E-state index is 11.7. The predicted octanol–water partition coefficient (Wildman–Crippen LogP) is 3.95. The van der Waals surface area contributed by atoms with Gasteiger partial charge in [-0.15, -0.1) is 0 Å². The topological polar surface area (TPSA) is 29.1 Å². The summed E-state index contributed by atoms with van der Waals surface area (Å²) >= 11 is 1.51. The van der Waals surface area contributed by atoms with Gasteiger partial charge in [0.25, 0.3) is 5.91 Å². The zero-order valence-corrected chi connectivity index (χ0v) is 11.5. The molecule has 1 amide bonds. The van der Waals surface area contributed by atoms with E-state index in [0.717, 1.165) is 11.3 Å². The molecule has 0 unspecified atom stereocenters. The maximum atomic E-state index is 11.7. The first kappa shape index (κ1) is 14.1. The van der Waals surface area contributed by atoms with Crippen LogP contribution in [0.5, 0.6) is 0 Å². The van der Waals surface area contributed by atoms with E-state index in [1.165, 1.54) is 43.2 Å². The van der Waals surface area contributed by atoms with Crippen LogP contribution in [0.1, 0.15) is 48.5 Å². The van der Waals surface area contributed by atoms with Gasteiger partial charge in [0.05, 0.1) is 0 Å². The average Bonchev–Trinajstić information content (AvgIpc) is 2.34. The lowest BCUT2D eigenvalue weighted by Crippen LogP contribution is -2.16. The lowest BCUT2D eigenvalue weighted by molar-refractivity contribution is 0.0984. The monoisotopic (exact) mass is 251 g/mol. The van der Waals surface area contributed by atoms with Crippen LogP contribution in [0.25, 0.3) is 0 Å². The number of hydrogen-bond acceptors (Lipinski definition) is 2. The molecule has 94 valence electrons. The van der Waals surface area contributed by atoms with Gasteiger partial charge in [-0.2, -0.15) is 0 Å². The summed E-state index contributed by atoms with van der Waals surface area (Å²) in [6.45, 7) is 4.22. The van der Waals surface area contributed by atoms with Crippen LogP contribution in [-0.2, 0) is 0 Å². The standard InChI is InChI=1S/C14H21NOS/c1-3-4-5-6-11-17-15-14(16)13-9-7-12(2)8-10-13/h7-10H,3-6,11H2,1-2H3,(H,15,16). The van der Waals surface area contributed by atoms with E-state index in [1.54, 1.807) is 0 Å². The zero-order chi connectivity index (χ0) is 12.5. The number of carbonyl (C=O) groups is 1. The second kappa shape index (κ2) is 8.18. The number of amides is 1. The van der Waals surface area contributed by atoms with E-state index in [-0.39, 0.29) is 5.91 Å². The van der Waals surface area contributed by atoms with Gasteiger partial charge in [-0.1, -0.05) is 55.8 Å². The van der Waals surface area contributed by atoms with Gasteiger partial charge in [0.2, 0.25) is 0 Å². The van der Waals surface area contributed by atoms with Crippen LogP contribution in [0.4, 0.5) is 0 Å². The van der Waals surface area contributed by atoms with Crippen molar-refractivity contribution in [1.29, 1.82) is 0 Å². The van der Waals surface area contributed by atoms with Crippen LogP contribution in [-0.4, -0.2) is 11.7 Å². The van der Waals surface area contributed by atoms with E-state index in [4.69, 9.17) is 0 Å². The number of rotatable bonds is 7. The van der Waals surface area contributed by atoms with Crippen molar-refractivity contribution in [3.05, 3.63) is 35.4 Å². The SMILES string of the molecule is CCCCCCSNC(=O)c1ccc(C)cc1. The molecule has 17 heavy (non-hydrogen) atoms. The van der Waals surface area contributed by atoms with Gasteiger partial charge in [0.1, 0.15) is 0 Å². The minimum Gasteiger partial charge on any atom is -0.296 e. The van der Waals surface area contributed by atoms with Crippen LogP contribution in [0.2, 0.25) is 0 Å². The third-order valence-corrected chi connectivity index (χ3v) is 3.40. The van der Waals surface area contributed by atoms with E-state index in [9.17, 15) is 4.79 Å². The van der Waals surface area contributed by atoms with Crippen LogP contribution in [0.3, 0.4) is 0 Å². The molecule has 0 aromatic heterocycles. The van der Waals surface area contributed by atoms with Gasteiger partial charge in [0.15, 0.2) is 0 Å². The molecule has 0 saturated carbocycles. The summed E-state index contributed by atoms with van der Waals surface area (Å²) < 4.78 is 2.87. The summed E-state index contributed by atoms with van der Waals surface area (Å²) in [5.74, 6) is 1.00. The quantitative estimate of drug-likeness (QED) is 0.587. The zero-order valence-electron chi connectivity index (χ0n) is 10.7. The van der Waals surface area contributed by atoms with Crippen molar-refractivity contribution in [3.8, 4) is 0 Å². The number of hydrogen-bond donors (Lipinski definition) is 1. The van der Waals surface area contributed by atoms with Crippen molar-refractivity contribution in [2.75, 3.05) is 5.75 Å². The average molecular weight is 251 g/mol. The number of aryl methyl sites for hydroxylation is 1. The van der Waals surface area contributed by atoms with Crippen molar-refractivity contribution in [2.24, 2.45) is 0 Å². The third kappa shape index (κ3) is 5.78. The van der Waals surface area contributed by atoms with Crippen molar-refractivity contribution < 1.29 is 4.79 Å². The molecule has 0 aliphatic rings. The molecule has 0 atom stereocenters. The number of carbonyl (C=O) groups excluding carboxylic acids is 1. The van der Waals surface area contributed by atoms with E-state index in [0.29, 0.717) is 0 Å². The minimum atomic E-state index is 0.00508. The maximum Gasteiger partial charge on any atom is 0.261 e. The Bertz CT molecular complexity index is 335. The summed E-state index contributed by atoms with van der Waals surface area (Å²) in [4.78, 5) is 11.7. The molecule has 2 nitrogen and oxygen atoms in total. The Kier molecular flexibility index (Phi) is 6.78. The van der Waals surface area contributed by atoms with Crippen molar-refractivity contribution in [1.82, 2.24) is 4.72 Å². The first-order valence-corrected chi connectivity index (χ1v) is 7.21. The highest BCUT2D eigenvalue weighted by atomic mass is 32.2. The first-order chi connectivity index (χ1) is 8.24. The molecule has 3 heteroatoms. The Balaban J connectivity index is 2.19. The number of nitrogens with one attached hydrogen (secondary N) is 1. The third-order valence-electron chi connectivity index (χ3n) is 2.58. The fraction of sp³-hybridized carbons (Fsp3) is 0.500. The molecule has 0 saturated heterocycles. The second-order valence-corrected chi connectivity index (χ2v) is 5.11. The molecule has 0 radical (unpaired) electrons. The molecule has 0 aliphatic heterocycles. The van der Waals surface area contributed by atoms with Crippen LogP contribution < -0.4 is 4.72 Å². The lowest BCUT2D eigenvalue weighted by atomic mass is 10.1. The Morgan fingerprint density at radius 3 is 2.53 bits per heavy atom. The summed E-state index contributed by atoms with van der Waals surface area (Å²) in [5.41, 5.74) is 1.91. The van der Waals surface area contributed by atoms with Crippen molar-refractivity contribution >= 4 is 17.9 Å². The Morgan fingerprint density at radius 1 is 1.18 bits per heavy atom. The van der Waals surface area contributed by atoms with E-state index in [1.807, 2.05) is 31.2 Å². The van der Waals surface area contributed by atoms with E-state index >= 15 is 0 Å². The van der Waals surface area contributed by atoms with Crippen LogP contribution in [0, 0.1) is 6.92 Å². The van der Waals surface area contributed by atoms with Gasteiger partial charge >= 0.3 is 0 Å². The summed E-state index contributed by atoms with van der Waals surface area (Å²) in [6, 6.07) is 7.65. The fourth-order valence-corrected chi connectivity index (χ4v) is 2.18. The summed E-state index contributed by atoms with van der Waals surface area (Å²) in [6.07, 6.45) is 4.96. The second-order valence-electron chi connectivity index (χ2n) is 4.21. The molecule has 1 N–H and O–H groups in total. The highest BCUT2D eigenvalue weighted by Gasteiger charge is 2.03. The van der Waals surface area contributed by atoms with Gasteiger partial charge in [0, 0.05) is 11.3 Å². The van der Waals surface area contributed by atoms with Crippen LogP contribution in [0.15, 0.2) is 24.3 Å².